The Morgan fingerprint density at radius 1 is 1.25 bits per heavy atom. The second-order valence-electron chi connectivity index (χ2n) is 4.72. The van der Waals surface area contributed by atoms with Gasteiger partial charge in [-0.3, -0.25) is 9.67 Å². The molecule has 1 aromatic carbocycles. The van der Waals surface area contributed by atoms with Gasteiger partial charge in [0.25, 0.3) is 0 Å². The van der Waals surface area contributed by atoms with Crippen molar-refractivity contribution >= 4 is 10.9 Å². The number of nitrogens with zero attached hydrogens (tertiary/aromatic N) is 3. The number of aromatic nitrogens is 3. The van der Waals surface area contributed by atoms with Gasteiger partial charge in [0.05, 0.1) is 6.20 Å². The van der Waals surface area contributed by atoms with Gasteiger partial charge in [-0.15, -0.1) is 17.5 Å². The van der Waals surface area contributed by atoms with Crippen LogP contribution in [-0.2, 0) is 7.05 Å². The van der Waals surface area contributed by atoms with Gasteiger partial charge < -0.3 is 0 Å². The molecule has 0 saturated heterocycles. The van der Waals surface area contributed by atoms with Crippen molar-refractivity contribution in [2.24, 2.45) is 7.05 Å². The predicted octanol–water partition coefficient (Wildman–Crippen LogP) is 0.582. The van der Waals surface area contributed by atoms with E-state index in [2.05, 4.69) is 30.0 Å². The van der Waals surface area contributed by atoms with Gasteiger partial charge in [-0.25, -0.2) is 0 Å². The van der Waals surface area contributed by atoms with Crippen LogP contribution in [0.5, 0.6) is 0 Å². The van der Waals surface area contributed by atoms with Crippen molar-refractivity contribution in [1.29, 1.82) is 0 Å². The van der Waals surface area contributed by atoms with Gasteiger partial charge >= 0.3 is 51.4 Å². The van der Waals surface area contributed by atoms with Crippen LogP contribution < -0.4 is 51.4 Å². The van der Waals surface area contributed by atoms with Gasteiger partial charge in [0, 0.05) is 19.4 Å². The van der Waals surface area contributed by atoms with Crippen LogP contribution in [0.25, 0.3) is 10.9 Å². The molecule has 0 aliphatic heterocycles. The third-order valence-corrected chi connectivity index (χ3v) is 2.84. The summed E-state index contributed by atoms with van der Waals surface area (Å²) in [6.45, 7) is 4.33. The molecule has 3 nitrogen and oxygen atoms in total. The molecule has 0 N–H and O–H groups in total. The SMILES string of the molecule is CC(C)c1cnn(C)c1.[K+].[c-]1ccc2ncccc2c1. The summed E-state index contributed by atoms with van der Waals surface area (Å²) in [4.78, 5) is 4.16. The van der Waals surface area contributed by atoms with Crippen molar-refractivity contribution in [3.05, 3.63) is 60.6 Å². The molecule has 0 aliphatic rings. The van der Waals surface area contributed by atoms with Crippen LogP contribution in [0.3, 0.4) is 0 Å². The zero-order valence-electron chi connectivity index (χ0n) is 12.5. The van der Waals surface area contributed by atoms with E-state index in [-0.39, 0.29) is 51.4 Å². The second kappa shape index (κ2) is 8.69. The molecule has 0 amide bonds. The summed E-state index contributed by atoms with van der Waals surface area (Å²) in [5.74, 6) is 0.596. The maximum atomic E-state index is 4.16. The van der Waals surface area contributed by atoms with E-state index in [0.29, 0.717) is 5.92 Å². The number of hydrogen-bond acceptors (Lipinski definition) is 2. The first-order valence-electron chi connectivity index (χ1n) is 6.36. The molecule has 0 saturated carbocycles. The minimum absolute atomic E-state index is 0. The summed E-state index contributed by atoms with van der Waals surface area (Å²) in [5.41, 5.74) is 2.33. The normalized spacial score (nSPS) is 9.80. The van der Waals surface area contributed by atoms with Crippen molar-refractivity contribution in [3.63, 3.8) is 0 Å². The maximum Gasteiger partial charge on any atom is 1.00 e. The topological polar surface area (TPSA) is 30.7 Å². The minimum atomic E-state index is 0. The van der Waals surface area contributed by atoms with Crippen molar-refractivity contribution in [3.8, 4) is 0 Å². The zero-order chi connectivity index (χ0) is 13.7. The molecule has 0 aliphatic carbocycles. The standard InChI is InChI=1S/C9H6N.C7H12N2.K/c1-2-6-9-8(4-1)5-3-7-10-9;1-6(2)7-4-8-9(3)5-7;/h2-7H;4-6H,1-3H3;/q-1;;+1. The maximum absolute atomic E-state index is 4.16. The average Bonchev–Trinajstić information content (AvgIpc) is 2.87. The Hall–Kier alpha value is -0.524. The monoisotopic (exact) mass is 291 g/mol. The van der Waals surface area contributed by atoms with Gasteiger partial charge in [-0.2, -0.15) is 23.3 Å². The molecule has 4 heteroatoms. The number of fused-ring (bicyclic) bond motifs is 1. The van der Waals surface area contributed by atoms with Gasteiger partial charge in [0.15, 0.2) is 0 Å². The summed E-state index contributed by atoms with van der Waals surface area (Å²) in [6.07, 6.45) is 5.75. The number of hydrogen-bond donors (Lipinski definition) is 0. The van der Waals surface area contributed by atoms with Crippen LogP contribution >= 0.6 is 0 Å². The molecule has 2 heterocycles. The number of rotatable bonds is 1. The Balaban J connectivity index is 0.000000192. The van der Waals surface area contributed by atoms with Gasteiger partial charge in [-0.1, -0.05) is 19.9 Å². The molecular formula is C16H18KN3. The smallest absolute Gasteiger partial charge is 0.283 e. The molecule has 0 fully saturated rings. The van der Waals surface area contributed by atoms with Crippen LogP contribution in [0.1, 0.15) is 25.3 Å². The van der Waals surface area contributed by atoms with E-state index in [0.717, 1.165) is 10.9 Å². The number of aryl methyl sites for hydroxylation is 1. The first-order chi connectivity index (χ1) is 9.16. The number of pyridine rings is 1. The van der Waals surface area contributed by atoms with Crippen LogP contribution in [0.15, 0.2) is 48.9 Å². The summed E-state index contributed by atoms with van der Waals surface area (Å²) >= 11 is 0. The van der Waals surface area contributed by atoms with E-state index in [1.54, 1.807) is 6.20 Å². The Bertz CT molecular complexity index is 581. The third kappa shape index (κ3) is 5.11. The van der Waals surface area contributed by atoms with E-state index in [4.69, 9.17) is 0 Å². The molecule has 0 radical (unpaired) electrons. The molecule has 3 rings (SSSR count). The predicted molar refractivity (Wildman–Crippen MR) is 77.9 cm³/mol. The molecule has 0 bridgehead atoms. The third-order valence-electron chi connectivity index (χ3n) is 2.84. The minimum Gasteiger partial charge on any atom is -0.283 e. The first-order valence-corrected chi connectivity index (χ1v) is 6.36. The molecule has 98 valence electrons. The van der Waals surface area contributed by atoms with Gasteiger partial charge in [0.1, 0.15) is 0 Å². The van der Waals surface area contributed by atoms with Gasteiger partial charge in [-0.05, 0) is 17.0 Å². The summed E-state index contributed by atoms with van der Waals surface area (Å²) in [6, 6.07) is 12.7. The fourth-order valence-electron chi connectivity index (χ4n) is 1.69. The van der Waals surface area contributed by atoms with Crippen molar-refractivity contribution < 1.29 is 51.4 Å². The molecule has 3 aromatic rings. The summed E-state index contributed by atoms with van der Waals surface area (Å²) in [7, 11) is 1.94. The van der Waals surface area contributed by atoms with Crippen molar-refractivity contribution in [1.82, 2.24) is 14.8 Å². The van der Waals surface area contributed by atoms with Crippen molar-refractivity contribution in [2.75, 3.05) is 0 Å². The van der Waals surface area contributed by atoms with E-state index >= 15 is 0 Å². The van der Waals surface area contributed by atoms with Gasteiger partial charge in [0.2, 0.25) is 0 Å². The Morgan fingerprint density at radius 3 is 2.60 bits per heavy atom. The molecule has 20 heavy (non-hydrogen) atoms. The molecule has 2 aromatic heterocycles. The van der Waals surface area contributed by atoms with E-state index in [9.17, 15) is 0 Å². The Kier molecular flexibility index (Phi) is 7.62. The summed E-state index contributed by atoms with van der Waals surface area (Å²) < 4.78 is 1.83. The Labute approximate surface area is 162 Å². The largest absolute Gasteiger partial charge is 1.00 e. The van der Waals surface area contributed by atoms with E-state index < -0.39 is 0 Å². The molecule has 0 spiro atoms. The zero-order valence-corrected chi connectivity index (χ0v) is 15.7. The average molecular weight is 291 g/mol. The fourth-order valence-corrected chi connectivity index (χ4v) is 1.69. The van der Waals surface area contributed by atoms with Crippen LogP contribution in [0, 0.1) is 6.07 Å². The van der Waals surface area contributed by atoms with E-state index in [1.807, 2.05) is 54.5 Å². The van der Waals surface area contributed by atoms with Crippen LogP contribution in [0.4, 0.5) is 0 Å². The quantitative estimate of drug-likeness (QED) is 0.485. The summed E-state index contributed by atoms with van der Waals surface area (Å²) in [5, 5.41) is 5.20. The number of benzene rings is 1. The Morgan fingerprint density at radius 2 is 2.05 bits per heavy atom. The second-order valence-corrected chi connectivity index (χ2v) is 4.72. The van der Waals surface area contributed by atoms with Crippen LogP contribution in [-0.4, -0.2) is 14.8 Å². The van der Waals surface area contributed by atoms with E-state index in [1.165, 1.54) is 5.56 Å². The molecule has 0 atom stereocenters. The fraction of sp³-hybridized carbons (Fsp3) is 0.250. The molecule has 0 unspecified atom stereocenters. The molecular weight excluding hydrogens is 273 g/mol. The first kappa shape index (κ1) is 17.5. The van der Waals surface area contributed by atoms with Crippen LogP contribution in [0.2, 0.25) is 0 Å². The van der Waals surface area contributed by atoms with Crippen molar-refractivity contribution in [2.45, 2.75) is 19.8 Å².